The van der Waals surface area contributed by atoms with Crippen LogP contribution in [0.2, 0.25) is 0 Å². The molecule has 3 nitrogen and oxygen atoms in total. The summed E-state index contributed by atoms with van der Waals surface area (Å²) in [4.78, 5) is 13.6. The van der Waals surface area contributed by atoms with Crippen molar-refractivity contribution in [2.45, 2.75) is 0 Å². The molecule has 1 aromatic carbocycles. The van der Waals surface area contributed by atoms with Crippen molar-refractivity contribution < 1.29 is 12.9 Å². The third kappa shape index (κ3) is 1.53. The Bertz CT molecular complexity index is 569. The van der Waals surface area contributed by atoms with Crippen LogP contribution in [-0.2, 0) is 7.05 Å². The molecule has 0 unspecified atom stereocenters. The molecular formula is C8H7BF3N2O-. The van der Waals surface area contributed by atoms with E-state index in [1.54, 1.807) is 0 Å². The lowest BCUT2D eigenvalue weighted by Gasteiger charge is -2.14. The summed E-state index contributed by atoms with van der Waals surface area (Å²) in [5.41, 5.74) is -0.447. The van der Waals surface area contributed by atoms with Gasteiger partial charge in [-0.2, -0.15) is 0 Å². The summed E-state index contributed by atoms with van der Waals surface area (Å²) in [5, 5.41) is 0. The average molecular weight is 215 g/mol. The van der Waals surface area contributed by atoms with Crippen molar-refractivity contribution in [2.75, 3.05) is 0 Å². The lowest BCUT2D eigenvalue weighted by molar-refractivity contribution is 0.501. The number of nitrogens with one attached hydrogen (secondary N) is 1. The third-order valence-electron chi connectivity index (χ3n) is 2.31. The Balaban J connectivity index is 2.75. The van der Waals surface area contributed by atoms with Crippen LogP contribution in [-0.4, -0.2) is 16.5 Å². The Morgan fingerprint density at radius 3 is 2.60 bits per heavy atom. The number of rotatable bonds is 1. The second-order valence-corrected chi connectivity index (χ2v) is 3.34. The van der Waals surface area contributed by atoms with Crippen LogP contribution in [0.4, 0.5) is 12.9 Å². The predicted octanol–water partition coefficient (Wildman–Crippen LogP) is 0.921. The molecule has 2 rings (SSSR count). The van der Waals surface area contributed by atoms with Gasteiger partial charge in [0.2, 0.25) is 0 Å². The lowest BCUT2D eigenvalue weighted by Crippen LogP contribution is -2.33. The van der Waals surface area contributed by atoms with E-state index in [0.717, 1.165) is 16.7 Å². The van der Waals surface area contributed by atoms with E-state index >= 15 is 0 Å². The fraction of sp³-hybridized carbons (Fsp3) is 0.125. The van der Waals surface area contributed by atoms with E-state index in [-0.39, 0.29) is 5.52 Å². The van der Waals surface area contributed by atoms with E-state index in [1.807, 2.05) is 0 Å². The zero-order chi connectivity index (χ0) is 11.2. The quantitative estimate of drug-likeness (QED) is 0.705. The number of aromatic nitrogens is 2. The zero-order valence-electron chi connectivity index (χ0n) is 7.80. The molecule has 0 bridgehead atoms. The summed E-state index contributed by atoms with van der Waals surface area (Å²) in [6, 6.07) is 3.22. The van der Waals surface area contributed by atoms with Crippen LogP contribution >= 0.6 is 0 Å². The second-order valence-electron chi connectivity index (χ2n) is 3.34. The van der Waals surface area contributed by atoms with Gasteiger partial charge in [0.25, 0.3) is 0 Å². The van der Waals surface area contributed by atoms with Gasteiger partial charge in [-0.1, -0.05) is 12.1 Å². The molecule has 0 aliphatic heterocycles. The molecule has 2 aromatic rings. The van der Waals surface area contributed by atoms with Crippen LogP contribution in [0.5, 0.6) is 0 Å². The zero-order valence-corrected chi connectivity index (χ0v) is 7.80. The molecule has 0 saturated carbocycles. The fourth-order valence-electron chi connectivity index (χ4n) is 1.44. The van der Waals surface area contributed by atoms with E-state index in [0.29, 0.717) is 5.52 Å². The predicted molar refractivity (Wildman–Crippen MR) is 52.3 cm³/mol. The standard InChI is InChI=1S/C8H7BF3N2O/c1-14-7-4-5(9(10,11)12)2-3-6(7)13-8(14)15/h2-4H,1H3,(H,13,15)/q-1. The summed E-state index contributed by atoms with van der Waals surface area (Å²) in [7, 11) is 1.42. The average Bonchev–Trinajstić information content (AvgIpc) is 2.41. The van der Waals surface area contributed by atoms with E-state index in [1.165, 1.54) is 13.1 Å². The van der Waals surface area contributed by atoms with Crippen LogP contribution in [0, 0.1) is 0 Å². The van der Waals surface area contributed by atoms with E-state index in [9.17, 15) is 17.7 Å². The van der Waals surface area contributed by atoms with Gasteiger partial charge >= 0.3 is 12.7 Å². The Morgan fingerprint density at radius 1 is 1.33 bits per heavy atom. The van der Waals surface area contributed by atoms with Gasteiger partial charge in [0.15, 0.2) is 0 Å². The molecule has 15 heavy (non-hydrogen) atoms. The number of nitrogens with zero attached hydrogens (tertiary/aromatic N) is 1. The SMILES string of the molecule is Cn1c(=O)[nH]c2ccc([B-](F)(F)F)cc21. The molecule has 1 heterocycles. The monoisotopic (exact) mass is 215 g/mol. The molecule has 0 fully saturated rings. The van der Waals surface area contributed by atoms with Gasteiger partial charge in [-0.05, 0) is 6.07 Å². The van der Waals surface area contributed by atoms with Gasteiger partial charge in [-0.15, -0.1) is 5.46 Å². The summed E-state index contributed by atoms with van der Waals surface area (Å²) in [6.07, 6.45) is 0. The first-order valence-electron chi connectivity index (χ1n) is 4.28. The van der Waals surface area contributed by atoms with E-state index in [4.69, 9.17) is 0 Å². The topological polar surface area (TPSA) is 37.8 Å². The van der Waals surface area contributed by atoms with E-state index in [2.05, 4.69) is 4.98 Å². The minimum absolute atomic E-state index is 0.261. The number of aromatic amines is 1. The van der Waals surface area contributed by atoms with Crippen LogP contribution in [0.15, 0.2) is 23.0 Å². The molecule has 80 valence electrons. The first-order valence-corrected chi connectivity index (χ1v) is 4.28. The van der Waals surface area contributed by atoms with Crippen molar-refractivity contribution in [3.05, 3.63) is 28.7 Å². The maximum absolute atomic E-state index is 12.4. The number of fused-ring (bicyclic) bond motifs is 1. The third-order valence-corrected chi connectivity index (χ3v) is 2.31. The van der Waals surface area contributed by atoms with Gasteiger partial charge in [-0.3, -0.25) is 4.57 Å². The molecule has 0 saturated heterocycles. The second kappa shape index (κ2) is 2.92. The molecule has 7 heteroatoms. The van der Waals surface area contributed by atoms with Crippen molar-refractivity contribution in [2.24, 2.45) is 7.05 Å². The fourth-order valence-corrected chi connectivity index (χ4v) is 1.44. The molecule has 0 aliphatic rings. The van der Waals surface area contributed by atoms with Crippen LogP contribution in [0.3, 0.4) is 0 Å². The first-order chi connectivity index (χ1) is 6.89. The van der Waals surface area contributed by atoms with Gasteiger partial charge in [0, 0.05) is 7.05 Å². The highest BCUT2D eigenvalue weighted by Gasteiger charge is 2.25. The van der Waals surface area contributed by atoms with Gasteiger partial charge in [0.1, 0.15) is 0 Å². The Labute approximate surface area is 82.6 Å². The van der Waals surface area contributed by atoms with Crippen LogP contribution in [0.1, 0.15) is 0 Å². The van der Waals surface area contributed by atoms with Crippen LogP contribution < -0.4 is 11.2 Å². The van der Waals surface area contributed by atoms with Crippen molar-refractivity contribution in [1.82, 2.24) is 9.55 Å². The van der Waals surface area contributed by atoms with Crippen molar-refractivity contribution in [1.29, 1.82) is 0 Å². The van der Waals surface area contributed by atoms with Crippen molar-refractivity contribution in [3.8, 4) is 0 Å². The minimum Gasteiger partial charge on any atom is -0.445 e. The summed E-state index contributed by atoms with van der Waals surface area (Å²) < 4.78 is 38.4. The number of aryl methyl sites for hydroxylation is 1. The summed E-state index contributed by atoms with van der Waals surface area (Å²) in [5.74, 6) is 0. The molecule has 0 spiro atoms. The van der Waals surface area contributed by atoms with E-state index < -0.39 is 18.1 Å². The van der Waals surface area contributed by atoms with Gasteiger partial charge in [-0.25, -0.2) is 4.79 Å². The number of imidazole rings is 1. The minimum atomic E-state index is -5.02. The number of benzene rings is 1. The highest BCUT2D eigenvalue weighted by molar-refractivity contribution is 6.73. The molecule has 1 N–H and O–H groups in total. The number of H-pyrrole nitrogens is 1. The molecule has 0 amide bonds. The Morgan fingerprint density at radius 2 is 2.00 bits per heavy atom. The lowest BCUT2D eigenvalue weighted by atomic mass is 9.80. The molecule has 0 atom stereocenters. The Kier molecular flexibility index (Phi) is 1.92. The largest absolute Gasteiger partial charge is 0.509 e. The Hall–Kier alpha value is -1.66. The van der Waals surface area contributed by atoms with Crippen molar-refractivity contribution in [3.63, 3.8) is 0 Å². The van der Waals surface area contributed by atoms with Gasteiger partial charge in [0.05, 0.1) is 11.0 Å². The van der Waals surface area contributed by atoms with Crippen LogP contribution in [0.25, 0.3) is 11.0 Å². The normalized spacial score (nSPS) is 12.3. The molecule has 0 radical (unpaired) electrons. The number of halogens is 3. The summed E-state index contributed by atoms with van der Waals surface area (Å²) >= 11 is 0. The highest BCUT2D eigenvalue weighted by atomic mass is 19.4. The highest BCUT2D eigenvalue weighted by Crippen LogP contribution is 2.13. The molecular weight excluding hydrogens is 208 g/mol. The summed E-state index contributed by atoms with van der Waals surface area (Å²) in [6.45, 7) is -5.02. The maximum Gasteiger partial charge on any atom is 0.509 e. The molecule has 1 aromatic heterocycles. The number of hydrogen-bond acceptors (Lipinski definition) is 1. The van der Waals surface area contributed by atoms with Gasteiger partial charge < -0.3 is 17.9 Å². The maximum atomic E-state index is 12.4. The van der Waals surface area contributed by atoms with Crippen molar-refractivity contribution >= 4 is 23.5 Å². The smallest absolute Gasteiger partial charge is 0.445 e. The molecule has 0 aliphatic carbocycles. The first kappa shape index (κ1) is 9.88. The number of hydrogen-bond donors (Lipinski definition) is 1.